The summed E-state index contributed by atoms with van der Waals surface area (Å²) in [6.07, 6.45) is 1.86. The average molecular weight is 385 g/mol. The van der Waals surface area contributed by atoms with Gasteiger partial charge in [-0.25, -0.2) is 0 Å². The van der Waals surface area contributed by atoms with Gasteiger partial charge in [-0.2, -0.15) is 0 Å². The van der Waals surface area contributed by atoms with Crippen LogP contribution in [-0.2, 0) is 4.79 Å². The Morgan fingerprint density at radius 2 is 1.96 bits per heavy atom. The standard InChI is InChI=1S/C19H23N5O2S/c1-11-10-14(21-18(26)19(3,4)5)27-15(11)17(25)20-12(2)16-23-22-13-8-6-7-9-24(13)16/h6-10,12H,1-5H3,(H,20,25)(H,21,26)/t12-/m1/s1. The molecule has 27 heavy (non-hydrogen) atoms. The van der Waals surface area contributed by atoms with Crippen molar-refractivity contribution < 1.29 is 9.59 Å². The van der Waals surface area contributed by atoms with Gasteiger partial charge >= 0.3 is 0 Å². The van der Waals surface area contributed by atoms with Gasteiger partial charge in [0.05, 0.1) is 15.9 Å². The van der Waals surface area contributed by atoms with Gasteiger partial charge in [0.1, 0.15) is 0 Å². The number of aryl methyl sites for hydroxylation is 1. The van der Waals surface area contributed by atoms with E-state index in [9.17, 15) is 9.59 Å². The molecule has 3 rings (SSSR count). The molecule has 0 saturated carbocycles. The molecular weight excluding hydrogens is 362 g/mol. The van der Waals surface area contributed by atoms with E-state index in [1.165, 1.54) is 11.3 Å². The van der Waals surface area contributed by atoms with Crippen LogP contribution in [0.5, 0.6) is 0 Å². The van der Waals surface area contributed by atoms with E-state index >= 15 is 0 Å². The fourth-order valence-electron chi connectivity index (χ4n) is 2.55. The Kier molecular flexibility index (Phi) is 5.01. The van der Waals surface area contributed by atoms with E-state index in [0.717, 1.165) is 11.2 Å². The van der Waals surface area contributed by atoms with E-state index in [-0.39, 0.29) is 17.9 Å². The maximum absolute atomic E-state index is 12.7. The number of pyridine rings is 1. The Labute approximate surface area is 161 Å². The molecule has 142 valence electrons. The predicted molar refractivity (Wildman–Crippen MR) is 106 cm³/mol. The fraction of sp³-hybridized carbons (Fsp3) is 0.368. The van der Waals surface area contributed by atoms with Gasteiger partial charge in [0, 0.05) is 11.6 Å². The van der Waals surface area contributed by atoms with Gasteiger partial charge in [-0.05, 0) is 37.6 Å². The van der Waals surface area contributed by atoms with E-state index in [4.69, 9.17) is 0 Å². The van der Waals surface area contributed by atoms with Gasteiger partial charge in [-0.1, -0.05) is 26.8 Å². The molecule has 1 atom stereocenters. The molecule has 0 aromatic carbocycles. The van der Waals surface area contributed by atoms with Crippen LogP contribution in [0.2, 0.25) is 0 Å². The van der Waals surface area contributed by atoms with E-state index in [1.54, 1.807) is 0 Å². The predicted octanol–water partition coefficient (Wildman–Crippen LogP) is 3.57. The summed E-state index contributed by atoms with van der Waals surface area (Å²) >= 11 is 1.27. The maximum Gasteiger partial charge on any atom is 0.262 e. The molecular formula is C19H23N5O2S. The number of hydrogen-bond acceptors (Lipinski definition) is 5. The third-order valence-electron chi connectivity index (χ3n) is 4.12. The van der Waals surface area contributed by atoms with Gasteiger partial charge in [0.15, 0.2) is 11.5 Å². The third kappa shape index (κ3) is 4.00. The lowest BCUT2D eigenvalue weighted by atomic mass is 9.96. The van der Waals surface area contributed by atoms with Crippen molar-refractivity contribution in [2.75, 3.05) is 5.32 Å². The van der Waals surface area contributed by atoms with Crippen molar-refractivity contribution in [1.82, 2.24) is 19.9 Å². The van der Waals surface area contributed by atoms with Crippen molar-refractivity contribution in [3.05, 3.63) is 46.7 Å². The summed E-state index contributed by atoms with van der Waals surface area (Å²) < 4.78 is 1.85. The van der Waals surface area contributed by atoms with Crippen LogP contribution in [0.15, 0.2) is 30.5 Å². The Bertz CT molecular complexity index is 999. The van der Waals surface area contributed by atoms with Crippen molar-refractivity contribution in [1.29, 1.82) is 0 Å². The second-order valence-electron chi connectivity index (χ2n) is 7.51. The first-order valence-electron chi connectivity index (χ1n) is 8.69. The van der Waals surface area contributed by atoms with Crippen molar-refractivity contribution in [3.63, 3.8) is 0 Å². The molecule has 3 aromatic heterocycles. The minimum absolute atomic E-state index is 0.0843. The first-order valence-corrected chi connectivity index (χ1v) is 9.51. The molecule has 0 aliphatic rings. The lowest BCUT2D eigenvalue weighted by Crippen LogP contribution is -2.28. The number of thiophene rings is 1. The zero-order valence-corrected chi connectivity index (χ0v) is 16.8. The minimum atomic E-state index is -0.496. The van der Waals surface area contributed by atoms with Crippen LogP contribution in [0, 0.1) is 12.3 Å². The highest BCUT2D eigenvalue weighted by Gasteiger charge is 2.24. The molecule has 0 saturated heterocycles. The summed E-state index contributed by atoms with van der Waals surface area (Å²) in [4.78, 5) is 25.5. The van der Waals surface area contributed by atoms with Crippen LogP contribution in [0.4, 0.5) is 5.00 Å². The van der Waals surface area contributed by atoms with Gasteiger partial charge < -0.3 is 10.6 Å². The second kappa shape index (κ2) is 7.11. The van der Waals surface area contributed by atoms with Crippen molar-refractivity contribution >= 4 is 33.8 Å². The number of anilines is 1. The van der Waals surface area contributed by atoms with E-state index in [0.29, 0.717) is 15.7 Å². The molecule has 3 aromatic rings. The maximum atomic E-state index is 12.7. The molecule has 0 radical (unpaired) electrons. The number of fused-ring (bicyclic) bond motifs is 1. The van der Waals surface area contributed by atoms with Gasteiger partial charge in [-0.15, -0.1) is 21.5 Å². The van der Waals surface area contributed by atoms with Crippen LogP contribution < -0.4 is 10.6 Å². The SMILES string of the molecule is Cc1cc(NC(=O)C(C)(C)C)sc1C(=O)N[C@H](C)c1nnc2ccccn12. The molecule has 8 heteroatoms. The second-order valence-corrected chi connectivity index (χ2v) is 8.56. The zero-order valence-electron chi connectivity index (χ0n) is 16.0. The molecule has 7 nitrogen and oxygen atoms in total. The molecule has 0 spiro atoms. The number of carbonyl (C=O) groups excluding carboxylic acids is 2. The number of carbonyl (C=O) groups is 2. The topological polar surface area (TPSA) is 88.4 Å². The molecule has 0 fully saturated rings. The van der Waals surface area contributed by atoms with E-state index in [1.807, 2.05) is 69.5 Å². The molecule has 0 aliphatic carbocycles. The number of nitrogens with zero attached hydrogens (tertiary/aromatic N) is 3. The normalized spacial score (nSPS) is 12.8. The van der Waals surface area contributed by atoms with Crippen LogP contribution in [0.3, 0.4) is 0 Å². The first-order chi connectivity index (χ1) is 12.7. The quantitative estimate of drug-likeness (QED) is 0.718. The monoisotopic (exact) mass is 385 g/mol. The third-order valence-corrected chi connectivity index (χ3v) is 5.27. The van der Waals surface area contributed by atoms with Crippen molar-refractivity contribution in [3.8, 4) is 0 Å². The average Bonchev–Trinajstić information content (AvgIpc) is 3.17. The number of rotatable bonds is 4. The number of aromatic nitrogens is 3. The largest absolute Gasteiger partial charge is 0.342 e. The molecule has 0 unspecified atom stereocenters. The molecule has 3 heterocycles. The summed E-state index contributed by atoms with van der Waals surface area (Å²) in [5, 5.41) is 14.8. The van der Waals surface area contributed by atoms with Gasteiger partial charge in [-0.3, -0.25) is 14.0 Å². The van der Waals surface area contributed by atoms with E-state index in [2.05, 4.69) is 20.8 Å². The minimum Gasteiger partial charge on any atom is -0.342 e. The number of nitrogens with one attached hydrogen (secondary N) is 2. The Balaban J connectivity index is 1.75. The highest BCUT2D eigenvalue weighted by molar-refractivity contribution is 7.18. The molecule has 2 N–H and O–H groups in total. The van der Waals surface area contributed by atoms with Crippen molar-refractivity contribution in [2.24, 2.45) is 5.41 Å². The van der Waals surface area contributed by atoms with E-state index < -0.39 is 5.41 Å². The van der Waals surface area contributed by atoms with Crippen LogP contribution >= 0.6 is 11.3 Å². The Morgan fingerprint density at radius 3 is 2.67 bits per heavy atom. The molecule has 2 amide bonds. The number of amides is 2. The lowest BCUT2D eigenvalue weighted by molar-refractivity contribution is -0.123. The highest BCUT2D eigenvalue weighted by Crippen LogP contribution is 2.29. The molecule has 0 aliphatic heterocycles. The Morgan fingerprint density at radius 1 is 1.22 bits per heavy atom. The van der Waals surface area contributed by atoms with Gasteiger partial charge in [0.2, 0.25) is 5.91 Å². The van der Waals surface area contributed by atoms with Crippen LogP contribution in [0.25, 0.3) is 5.65 Å². The van der Waals surface area contributed by atoms with Crippen LogP contribution in [-0.4, -0.2) is 26.4 Å². The highest BCUT2D eigenvalue weighted by atomic mass is 32.1. The zero-order chi connectivity index (χ0) is 19.8. The summed E-state index contributed by atoms with van der Waals surface area (Å²) in [5.41, 5.74) is 1.05. The van der Waals surface area contributed by atoms with Crippen LogP contribution in [0.1, 0.15) is 54.8 Å². The van der Waals surface area contributed by atoms with Gasteiger partial charge in [0.25, 0.3) is 5.91 Å². The molecule has 0 bridgehead atoms. The summed E-state index contributed by atoms with van der Waals surface area (Å²) in [5.74, 6) is 0.377. The fourth-order valence-corrected chi connectivity index (χ4v) is 3.52. The van der Waals surface area contributed by atoms with Crippen molar-refractivity contribution in [2.45, 2.75) is 40.7 Å². The number of hydrogen-bond donors (Lipinski definition) is 2. The Hall–Kier alpha value is -2.74. The summed E-state index contributed by atoms with van der Waals surface area (Å²) in [6, 6.07) is 7.14. The lowest BCUT2D eigenvalue weighted by Gasteiger charge is -2.16. The first kappa shape index (κ1) is 19.0. The summed E-state index contributed by atoms with van der Waals surface area (Å²) in [7, 11) is 0. The summed E-state index contributed by atoms with van der Waals surface area (Å²) in [6.45, 7) is 9.27. The smallest absolute Gasteiger partial charge is 0.262 e.